The monoisotopic (exact) mass is 372 g/mol. The molecule has 0 bridgehead atoms. The number of nitrogens with zero attached hydrogens (tertiary/aromatic N) is 2. The molecule has 1 rings (SSSR count). The second kappa shape index (κ2) is 9.33. The first kappa shape index (κ1) is 22.8. The molecule has 0 aliphatic carbocycles. The Bertz CT molecular complexity index is 636. The molecule has 0 heterocycles. The lowest BCUT2D eigenvalue weighted by molar-refractivity contribution is -0.384. The molecule has 0 radical (unpaired) electrons. The van der Waals surface area contributed by atoms with Gasteiger partial charge in [-0.1, -0.05) is 19.9 Å². The van der Waals surface area contributed by atoms with Crippen molar-refractivity contribution >= 4 is 29.9 Å². The summed E-state index contributed by atoms with van der Waals surface area (Å²) in [6.07, 6.45) is 0. The van der Waals surface area contributed by atoms with Gasteiger partial charge in [0.05, 0.1) is 4.92 Å². The smallest absolute Gasteiger partial charge is 0.270 e. The molecule has 0 aliphatic rings. The van der Waals surface area contributed by atoms with Gasteiger partial charge in [0.25, 0.3) is 11.6 Å². The van der Waals surface area contributed by atoms with Gasteiger partial charge >= 0.3 is 0 Å². The zero-order valence-electron chi connectivity index (χ0n) is 14.8. The number of nitrogens with two attached hydrogens (primary N) is 1. The number of hydrogen-bond acceptors (Lipinski definition) is 5. The van der Waals surface area contributed by atoms with Crippen molar-refractivity contribution in [3.63, 3.8) is 0 Å². The molecule has 1 aromatic carbocycles. The van der Waals surface area contributed by atoms with Crippen LogP contribution < -0.4 is 11.1 Å². The highest BCUT2D eigenvalue weighted by Crippen LogP contribution is 2.15. The van der Waals surface area contributed by atoms with Crippen molar-refractivity contribution in [1.29, 1.82) is 0 Å². The zero-order valence-corrected chi connectivity index (χ0v) is 15.6. The predicted molar refractivity (Wildman–Crippen MR) is 97.7 cm³/mol. The Morgan fingerprint density at radius 1 is 1.40 bits per heavy atom. The number of nitro groups is 1. The molecule has 2 amide bonds. The van der Waals surface area contributed by atoms with Crippen LogP contribution in [0.1, 0.15) is 31.1 Å². The van der Waals surface area contributed by atoms with E-state index in [9.17, 15) is 19.7 Å². The molecular weight excluding hydrogens is 348 g/mol. The fraction of sp³-hybridized carbons (Fsp3) is 0.500. The van der Waals surface area contributed by atoms with Crippen LogP contribution in [0.25, 0.3) is 0 Å². The number of carbonyl (C=O) groups excluding carboxylic acids is 2. The summed E-state index contributed by atoms with van der Waals surface area (Å²) in [4.78, 5) is 36.2. The van der Waals surface area contributed by atoms with E-state index in [4.69, 9.17) is 5.73 Å². The number of carbonyl (C=O) groups is 2. The van der Waals surface area contributed by atoms with Crippen LogP contribution in [-0.2, 0) is 4.79 Å². The lowest BCUT2D eigenvalue weighted by atomic mass is 9.93. The Balaban J connectivity index is 0.00000576. The number of rotatable bonds is 7. The molecule has 140 valence electrons. The van der Waals surface area contributed by atoms with E-state index in [0.29, 0.717) is 13.1 Å². The van der Waals surface area contributed by atoms with Crippen molar-refractivity contribution in [2.75, 3.05) is 20.1 Å². The molecular formula is C16H25ClN4O4. The van der Waals surface area contributed by atoms with E-state index < -0.39 is 16.9 Å². The lowest BCUT2D eigenvalue weighted by Gasteiger charge is -2.30. The number of nitro benzene ring substituents is 1. The highest BCUT2D eigenvalue weighted by Gasteiger charge is 2.25. The highest BCUT2D eigenvalue weighted by molar-refractivity contribution is 5.97. The third-order valence-corrected chi connectivity index (χ3v) is 3.63. The van der Waals surface area contributed by atoms with Crippen LogP contribution in [0.4, 0.5) is 5.69 Å². The predicted octanol–water partition coefficient (Wildman–Crippen LogP) is 1.58. The second-order valence-corrected chi connectivity index (χ2v) is 6.57. The van der Waals surface area contributed by atoms with Gasteiger partial charge in [0, 0.05) is 31.3 Å². The standard InChI is InChI=1S/C16H24N4O4.ClH/c1-11(15(22)19(4)10-16(2,3)9-17)18-14(21)12-6-5-7-13(8-12)20(23)24;/h5-8,11H,9-10,17H2,1-4H3,(H,18,21);1H. The average Bonchev–Trinajstić information content (AvgIpc) is 2.53. The molecule has 1 atom stereocenters. The maximum absolute atomic E-state index is 12.3. The van der Waals surface area contributed by atoms with Crippen molar-refractivity contribution in [3.05, 3.63) is 39.9 Å². The number of halogens is 1. The molecule has 0 aliphatic heterocycles. The van der Waals surface area contributed by atoms with E-state index >= 15 is 0 Å². The SMILES string of the molecule is CC(NC(=O)c1cccc([N+](=O)[O-])c1)C(=O)N(C)CC(C)(C)CN.Cl. The van der Waals surface area contributed by atoms with Crippen molar-refractivity contribution in [2.45, 2.75) is 26.8 Å². The van der Waals surface area contributed by atoms with Gasteiger partial charge in [0.15, 0.2) is 0 Å². The van der Waals surface area contributed by atoms with Gasteiger partial charge in [-0.25, -0.2) is 0 Å². The fourth-order valence-corrected chi connectivity index (χ4v) is 2.22. The van der Waals surface area contributed by atoms with Crippen molar-refractivity contribution < 1.29 is 14.5 Å². The number of amides is 2. The number of non-ortho nitro benzene ring substituents is 1. The van der Waals surface area contributed by atoms with E-state index in [-0.39, 0.29) is 35.0 Å². The number of benzene rings is 1. The number of hydrogen-bond donors (Lipinski definition) is 2. The van der Waals surface area contributed by atoms with E-state index in [2.05, 4.69) is 5.32 Å². The van der Waals surface area contributed by atoms with E-state index in [0.717, 1.165) is 0 Å². The molecule has 3 N–H and O–H groups in total. The quantitative estimate of drug-likeness (QED) is 0.556. The molecule has 0 fully saturated rings. The Labute approximate surface area is 153 Å². The van der Waals surface area contributed by atoms with Crippen molar-refractivity contribution in [2.24, 2.45) is 11.1 Å². The largest absolute Gasteiger partial charge is 0.343 e. The molecule has 1 aromatic rings. The Morgan fingerprint density at radius 3 is 2.52 bits per heavy atom. The highest BCUT2D eigenvalue weighted by atomic mass is 35.5. The van der Waals surface area contributed by atoms with Crippen LogP contribution >= 0.6 is 12.4 Å². The Hall–Kier alpha value is -2.19. The molecule has 0 spiro atoms. The van der Waals surface area contributed by atoms with Gasteiger partial charge in [-0.2, -0.15) is 0 Å². The van der Waals surface area contributed by atoms with Gasteiger partial charge in [0.1, 0.15) is 6.04 Å². The number of likely N-dealkylation sites (N-methyl/N-ethyl adjacent to an activating group) is 1. The van der Waals surface area contributed by atoms with Gasteiger partial charge in [-0.15, -0.1) is 12.4 Å². The van der Waals surface area contributed by atoms with Crippen LogP contribution in [0, 0.1) is 15.5 Å². The van der Waals surface area contributed by atoms with E-state index in [1.54, 1.807) is 14.0 Å². The first-order valence-corrected chi connectivity index (χ1v) is 7.58. The normalized spacial score (nSPS) is 11.9. The zero-order chi connectivity index (χ0) is 18.5. The Kier molecular flexibility index (Phi) is 8.52. The number of nitrogens with one attached hydrogen (secondary N) is 1. The van der Waals surface area contributed by atoms with Gasteiger partial charge in [-0.3, -0.25) is 19.7 Å². The van der Waals surface area contributed by atoms with E-state index in [1.807, 2.05) is 13.8 Å². The molecule has 0 aromatic heterocycles. The summed E-state index contributed by atoms with van der Waals surface area (Å²) in [7, 11) is 1.65. The minimum atomic E-state index is -0.754. The van der Waals surface area contributed by atoms with Crippen LogP contribution in [0.5, 0.6) is 0 Å². The Morgan fingerprint density at radius 2 is 2.00 bits per heavy atom. The summed E-state index contributed by atoms with van der Waals surface area (Å²) >= 11 is 0. The summed E-state index contributed by atoms with van der Waals surface area (Å²) in [6.45, 7) is 6.36. The van der Waals surface area contributed by atoms with Crippen molar-refractivity contribution in [1.82, 2.24) is 10.2 Å². The maximum atomic E-state index is 12.3. The minimum Gasteiger partial charge on any atom is -0.343 e. The lowest BCUT2D eigenvalue weighted by Crippen LogP contribution is -2.48. The molecule has 1 unspecified atom stereocenters. The average molecular weight is 373 g/mol. The minimum absolute atomic E-state index is 0. The summed E-state index contributed by atoms with van der Waals surface area (Å²) in [5.74, 6) is -0.790. The van der Waals surface area contributed by atoms with Gasteiger partial charge < -0.3 is 16.0 Å². The molecule has 0 saturated heterocycles. The van der Waals surface area contributed by atoms with Crippen LogP contribution in [0.15, 0.2) is 24.3 Å². The molecule has 8 nitrogen and oxygen atoms in total. The molecule has 0 saturated carbocycles. The fourth-order valence-electron chi connectivity index (χ4n) is 2.22. The maximum Gasteiger partial charge on any atom is 0.270 e. The van der Waals surface area contributed by atoms with Crippen LogP contribution in [0.2, 0.25) is 0 Å². The van der Waals surface area contributed by atoms with Crippen LogP contribution in [-0.4, -0.2) is 47.8 Å². The summed E-state index contributed by atoms with van der Waals surface area (Å²) in [5.41, 5.74) is 5.39. The summed E-state index contributed by atoms with van der Waals surface area (Å²) < 4.78 is 0. The van der Waals surface area contributed by atoms with Crippen LogP contribution in [0.3, 0.4) is 0 Å². The molecule has 25 heavy (non-hydrogen) atoms. The van der Waals surface area contributed by atoms with Gasteiger partial charge in [0.2, 0.25) is 5.91 Å². The molecule has 9 heteroatoms. The third kappa shape index (κ3) is 6.67. The first-order chi connectivity index (χ1) is 11.1. The van der Waals surface area contributed by atoms with Gasteiger partial charge in [-0.05, 0) is 24.9 Å². The summed E-state index contributed by atoms with van der Waals surface area (Å²) in [5, 5.41) is 13.3. The second-order valence-electron chi connectivity index (χ2n) is 6.57. The topological polar surface area (TPSA) is 119 Å². The first-order valence-electron chi connectivity index (χ1n) is 7.58. The third-order valence-electron chi connectivity index (χ3n) is 3.63. The van der Waals surface area contributed by atoms with Crippen molar-refractivity contribution in [3.8, 4) is 0 Å². The van der Waals surface area contributed by atoms with E-state index in [1.165, 1.54) is 29.2 Å². The summed E-state index contributed by atoms with van der Waals surface area (Å²) in [6, 6.07) is 4.60.